The van der Waals surface area contributed by atoms with Gasteiger partial charge in [-0.1, -0.05) is 44.2 Å². The van der Waals surface area contributed by atoms with Crippen LogP contribution in [0, 0.1) is 11.8 Å². The number of alkyl carbamates (subject to hydrolysis) is 1. The number of rotatable bonds is 19. The monoisotopic (exact) mass is 733 g/mol. The van der Waals surface area contributed by atoms with Crippen molar-refractivity contribution < 1.29 is 52.5 Å². The standard InChI is InChI=1S/C38H59N3O11/c1-24(2)33(29(43)21-39-22-32(46)52-38(9,10)11)41-34(47)26(17-18-30(44)50-36(3,4)5)19-28(42)27(20-31(45)51-37(6,7)8)40-35(48)49-23-25-15-13-12-14-16-25/h12-16,24,26-27,33,39H,17-23H2,1-11H3,(H,40,48)(H,41,47)/t26-,27+,33+/m1/s1. The van der Waals surface area contributed by atoms with Gasteiger partial charge in [0.05, 0.1) is 25.6 Å². The molecule has 2 amide bonds. The minimum Gasteiger partial charge on any atom is -0.460 e. The number of nitrogens with one attached hydrogen (secondary N) is 3. The molecule has 14 nitrogen and oxygen atoms in total. The van der Waals surface area contributed by atoms with Crippen molar-refractivity contribution in [2.24, 2.45) is 11.8 Å². The predicted molar refractivity (Wildman–Crippen MR) is 193 cm³/mol. The number of amides is 2. The molecule has 0 radical (unpaired) electrons. The number of ketones is 2. The highest BCUT2D eigenvalue weighted by molar-refractivity contribution is 5.96. The van der Waals surface area contributed by atoms with Crippen LogP contribution in [0.25, 0.3) is 0 Å². The Bertz CT molecular complexity index is 1370. The van der Waals surface area contributed by atoms with Gasteiger partial charge in [-0.2, -0.15) is 0 Å². The molecule has 0 spiro atoms. The molecule has 52 heavy (non-hydrogen) atoms. The molecule has 0 saturated heterocycles. The zero-order valence-corrected chi connectivity index (χ0v) is 32.6. The second-order valence-corrected chi connectivity index (χ2v) is 15.9. The molecular weight excluding hydrogens is 674 g/mol. The lowest BCUT2D eigenvalue weighted by Gasteiger charge is -2.26. The highest BCUT2D eigenvalue weighted by Crippen LogP contribution is 2.20. The number of carbonyl (C=O) groups is 7. The Morgan fingerprint density at radius 2 is 1.19 bits per heavy atom. The first-order valence-electron chi connectivity index (χ1n) is 17.5. The summed E-state index contributed by atoms with van der Waals surface area (Å²) in [7, 11) is 0. The van der Waals surface area contributed by atoms with Crippen LogP contribution in [0.1, 0.15) is 107 Å². The van der Waals surface area contributed by atoms with Gasteiger partial charge in [0.1, 0.15) is 29.5 Å². The Hall–Kier alpha value is -4.33. The normalized spacial score (nSPS) is 13.6. The van der Waals surface area contributed by atoms with E-state index in [1.54, 1.807) is 106 Å². The van der Waals surface area contributed by atoms with Gasteiger partial charge < -0.3 is 29.6 Å². The number of esters is 3. The quantitative estimate of drug-likeness (QED) is 0.135. The van der Waals surface area contributed by atoms with Crippen LogP contribution in [0.3, 0.4) is 0 Å². The average molecular weight is 734 g/mol. The number of hydrogen-bond donors (Lipinski definition) is 3. The van der Waals surface area contributed by atoms with Crippen LogP contribution in [0.4, 0.5) is 4.79 Å². The first-order chi connectivity index (χ1) is 23.8. The lowest BCUT2D eigenvalue weighted by Crippen LogP contribution is -2.50. The molecule has 0 aliphatic heterocycles. The van der Waals surface area contributed by atoms with Crippen LogP contribution >= 0.6 is 0 Å². The van der Waals surface area contributed by atoms with Gasteiger partial charge in [0.2, 0.25) is 5.91 Å². The van der Waals surface area contributed by atoms with Crippen LogP contribution in [0.5, 0.6) is 0 Å². The van der Waals surface area contributed by atoms with Crippen molar-refractivity contribution in [3.05, 3.63) is 35.9 Å². The Balaban J connectivity index is 3.23. The van der Waals surface area contributed by atoms with Gasteiger partial charge in [-0.3, -0.25) is 34.1 Å². The average Bonchev–Trinajstić information content (AvgIpc) is 2.97. The third-order valence-corrected chi connectivity index (χ3v) is 6.92. The second-order valence-electron chi connectivity index (χ2n) is 15.9. The van der Waals surface area contributed by atoms with Crippen LogP contribution in [-0.4, -0.2) is 83.5 Å². The molecule has 0 aliphatic rings. The summed E-state index contributed by atoms with van der Waals surface area (Å²) in [6, 6.07) is 6.39. The minimum atomic E-state index is -1.44. The molecule has 14 heteroatoms. The molecule has 0 aliphatic carbocycles. The van der Waals surface area contributed by atoms with Crippen molar-refractivity contribution >= 4 is 41.5 Å². The van der Waals surface area contributed by atoms with Crippen molar-refractivity contribution in [3.63, 3.8) is 0 Å². The lowest BCUT2D eigenvalue weighted by atomic mass is 9.91. The molecule has 0 aromatic heterocycles. The summed E-state index contributed by atoms with van der Waals surface area (Å²) in [6.45, 7) is 18.1. The second kappa shape index (κ2) is 20.6. The fourth-order valence-corrected chi connectivity index (χ4v) is 4.76. The number of benzene rings is 1. The van der Waals surface area contributed by atoms with E-state index < -0.39 is 89.1 Å². The Morgan fingerprint density at radius 1 is 0.654 bits per heavy atom. The van der Waals surface area contributed by atoms with E-state index in [4.69, 9.17) is 18.9 Å². The molecule has 1 aromatic rings. The van der Waals surface area contributed by atoms with Crippen LogP contribution in [0.2, 0.25) is 0 Å². The zero-order valence-electron chi connectivity index (χ0n) is 32.6. The van der Waals surface area contributed by atoms with Crippen LogP contribution in [0.15, 0.2) is 30.3 Å². The fourth-order valence-electron chi connectivity index (χ4n) is 4.76. The Kier molecular flexibility index (Phi) is 18.1. The topological polar surface area (TPSA) is 192 Å². The third-order valence-electron chi connectivity index (χ3n) is 6.92. The smallest absolute Gasteiger partial charge is 0.408 e. The van der Waals surface area contributed by atoms with E-state index in [-0.39, 0.29) is 38.5 Å². The molecule has 1 aromatic carbocycles. The SMILES string of the molecule is CC(C)[C@H](NC(=O)[C@H](CCC(=O)OC(C)(C)C)CC(=O)[C@H](CC(=O)OC(C)(C)C)NC(=O)OCc1ccccc1)C(=O)CNCC(=O)OC(C)(C)C. The zero-order chi connectivity index (χ0) is 39.9. The summed E-state index contributed by atoms with van der Waals surface area (Å²) in [5.74, 6) is -5.28. The fraction of sp³-hybridized carbons (Fsp3) is 0.658. The highest BCUT2D eigenvalue weighted by atomic mass is 16.6. The van der Waals surface area contributed by atoms with Crippen molar-refractivity contribution in [2.75, 3.05) is 13.1 Å². The van der Waals surface area contributed by atoms with Gasteiger partial charge in [-0.05, 0) is 80.2 Å². The predicted octanol–water partition coefficient (Wildman–Crippen LogP) is 4.35. The molecule has 292 valence electrons. The van der Waals surface area contributed by atoms with E-state index in [1.807, 2.05) is 0 Å². The summed E-state index contributed by atoms with van der Waals surface area (Å²) < 4.78 is 21.3. The van der Waals surface area contributed by atoms with Crippen molar-refractivity contribution in [3.8, 4) is 0 Å². The molecule has 0 fully saturated rings. The van der Waals surface area contributed by atoms with E-state index in [0.717, 1.165) is 0 Å². The molecule has 3 N–H and O–H groups in total. The van der Waals surface area contributed by atoms with E-state index in [0.29, 0.717) is 5.56 Å². The summed E-state index contributed by atoms with van der Waals surface area (Å²) in [5, 5.41) is 7.88. The van der Waals surface area contributed by atoms with E-state index in [1.165, 1.54) is 0 Å². The molecule has 0 bridgehead atoms. The van der Waals surface area contributed by atoms with E-state index >= 15 is 0 Å². The molecule has 0 heterocycles. The van der Waals surface area contributed by atoms with Gasteiger partial charge in [0.15, 0.2) is 11.6 Å². The minimum absolute atomic E-state index is 0.0990. The van der Waals surface area contributed by atoms with Gasteiger partial charge in [0, 0.05) is 18.8 Å². The van der Waals surface area contributed by atoms with E-state index in [2.05, 4.69) is 16.0 Å². The number of hydrogen-bond acceptors (Lipinski definition) is 12. The maximum Gasteiger partial charge on any atom is 0.408 e. The summed E-state index contributed by atoms with van der Waals surface area (Å²) in [5.41, 5.74) is -1.68. The summed E-state index contributed by atoms with van der Waals surface area (Å²) in [6.07, 6.45) is -2.39. The number of ether oxygens (including phenoxy) is 4. The summed E-state index contributed by atoms with van der Waals surface area (Å²) >= 11 is 0. The van der Waals surface area contributed by atoms with Gasteiger partial charge in [0.25, 0.3) is 0 Å². The molecule has 3 atom stereocenters. The van der Waals surface area contributed by atoms with Crippen molar-refractivity contribution in [2.45, 2.75) is 137 Å². The molecule has 0 unspecified atom stereocenters. The number of Topliss-reactive ketones (excluding diaryl/α,β-unsaturated/α-hetero) is 2. The lowest BCUT2D eigenvalue weighted by molar-refractivity contribution is -0.156. The van der Waals surface area contributed by atoms with Crippen molar-refractivity contribution in [1.29, 1.82) is 0 Å². The Labute approximate surface area is 307 Å². The van der Waals surface area contributed by atoms with Gasteiger partial charge in [-0.15, -0.1) is 0 Å². The molecule has 1 rings (SSSR count). The largest absolute Gasteiger partial charge is 0.460 e. The first-order valence-corrected chi connectivity index (χ1v) is 17.5. The number of carbonyl (C=O) groups excluding carboxylic acids is 7. The maximum absolute atomic E-state index is 13.8. The maximum atomic E-state index is 13.8. The third kappa shape index (κ3) is 20.5. The summed E-state index contributed by atoms with van der Waals surface area (Å²) in [4.78, 5) is 91.1. The van der Waals surface area contributed by atoms with Crippen LogP contribution in [-0.2, 0) is 54.3 Å². The van der Waals surface area contributed by atoms with Crippen LogP contribution < -0.4 is 16.0 Å². The van der Waals surface area contributed by atoms with E-state index in [9.17, 15) is 33.6 Å². The van der Waals surface area contributed by atoms with Gasteiger partial charge >= 0.3 is 24.0 Å². The Morgan fingerprint density at radius 3 is 1.73 bits per heavy atom. The first kappa shape index (κ1) is 45.7. The molecular formula is C38H59N3O11. The van der Waals surface area contributed by atoms with Gasteiger partial charge in [-0.25, -0.2) is 4.79 Å². The molecule has 0 saturated carbocycles. The van der Waals surface area contributed by atoms with Crippen molar-refractivity contribution in [1.82, 2.24) is 16.0 Å². The highest BCUT2D eigenvalue weighted by Gasteiger charge is 2.34.